The normalized spacial score (nSPS) is 13.5. The molecule has 0 fully saturated rings. The van der Waals surface area contributed by atoms with E-state index in [1.807, 2.05) is 6.08 Å². The third kappa shape index (κ3) is 55.5. The second-order valence-corrected chi connectivity index (χ2v) is 21.3. The molecule has 3 atom stereocenters. The van der Waals surface area contributed by atoms with E-state index in [9.17, 15) is 20.1 Å². The molecule has 0 aliphatic heterocycles. The van der Waals surface area contributed by atoms with Crippen LogP contribution in [0.5, 0.6) is 0 Å². The van der Waals surface area contributed by atoms with Gasteiger partial charge < -0.3 is 20.6 Å². The first-order valence-electron chi connectivity index (χ1n) is 30.9. The van der Waals surface area contributed by atoms with Gasteiger partial charge in [-0.05, 0) is 70.6 Å². The average Bonchev–Trinajstić information content (AvgIpc) is 3.35. The molecule has 0 radical (unpaired) electrons. The van der Waals surface area contributed by atoms with Crippen molar-refractivity contribution in [3.8, 4) is 0 Å². The van der Waals surface area contributed by atoms with Crippen molar-refractivity contribution in [2.45, 2.75) is 347 Å². The summed E-state index contributed by atoms with van der Waals surface area (Å²) in [4.78, 5) is 12.5. The van der Waals surface area contributed by atoms with E-state index in [0.717, 1.165) is 38.5 Å². The molecule has 0 aromatic heterocycles. The van der Waals surface area contributed by atoms with Gasteiger partial charge in [0.25, 0.3) is 0 Å². The molecular weight excluding hydrogens is 847 g/mol. The Balaban J connectivity index is 3.56. The van der Waals surface area contributed by atoms with Crippen LogP contribution in [0.25, 0.3) is 0 Å². The van der Waals surface area contributed by atoms with Crippen molar-refractivity contribution < 1.29 is 20.1 Å². The Morgan fingerprint density at radius 2 is 0.623 bits per heavy atom. The summed E-state index contributed by atoms with van der Waals surface area (Å²) in [6.07, 6.45) is 79.0. The number of hydrogen-bond donors (Lipinski definition) is 4. The molecule has 3 unspecified atom stereocenters. The molecule has 69 heavy (non-hydrogen) atoms. The van der Waals surface area contributed by atoms with Crippen molar-refractivity contribution in [2.75, 3.05) is 6.61 Å². The van der Waals surface area contributed by atoms with Gasteiger partial charge >= 0.3 is 0 Å². The molecule has 1 amide bonds. The zero-order valence-electron chi connectivity index (χ0n) is 46.5. The average molecular weight is 969 g/mol. The quantitative estimate of drug-likeness (QED) is 0.0361. The molecule has 0 aliphatic rings. The first-order chi connectivity index (χ1) is 34.0. The Morgan fingerprint density at radius 3 is 0.928 bits per heavy atom. The fourth-order valence-electron chi connectivity index (χ4n) is 9.61. The molecule has 0 heterocycles. The molecule has 0 saturated heterocycles. The lowest BCUT2D eigenvalue weighted by Crippen LogP contribution is -2.45. The van der Waals surface area contributed by atoms with E-state index in [4.69, 9.17) is 0 Å². The lowest BCUT2D eigenvalue weighted by Gasteiger charge is -2.21. The van der Waals surface area contributed by atoms with Crippen molar-refractivity contribution in [1.29, 1.82) is 0 Å². The number of aliphatic hydroxyl groups is 3. The molecule has 0 spiro atoms. The molecule has 0 aliphatic carbocycles. The number of nitrogens with one attached hydrogen (secondary N) is 1. The van der Waals surface area contributed by atoms with Gasteiger partial charge in [0.1, 0.15) is 0 Å². The lowest BCUT2D eigenvalue weighted by atomic mass is 10.0. The largest absolute Gasteiger partial charge is 0.394 e. The second kappa shape index (κ2) is 58.9. The summed E-state index contributed by atoms with van der Waals surface area (Å²) in [5.74, 6) is -0.325. The summed E-state index contributed by atoms with van der Waals surface area (Å²) in [6, 6.07) is -0.769. The Bertz CT molecular complexity index is 1110. The molecule has 0 aromatic carbocycles. The Kier molecular flexibility index (Phi) is 57.4. The summed E-state index contributed by atoms with van der Waals surface area (Å²) < 4.78 is 0. The van der Waals surface area contributed by atoms with Gasteiger partial charge in [-0.2, -0.15) is 0 Å². The summed E-state index contributed by atoms with van der Waals surface area (Å²) in [5.41, 5.74) is 0. The molecule has 0 saturated carbocycles. The van der Waals surface area contributed by atoms with Gasteiger partial charge in [0, 0.05) is 0 Å². The second-order valence-electron chi connectivity index (χ2n) is 21.3. The predicted molar refractivity (Wildman–Crippen MR) is 305 cm³/mol. The molecule has 0 aromatic rings. The third-order valence-corrected chi connectivity index (χ3v) is 14.3. The van der Waals surface area contributed by atoms with Crippen molar-refractivity contribution in [1.82, 2.24) is 5.32 Å². The van der Waals surface area contributed by atoms with Crippen LogP contribution < -0.4 is 5.32 Å². The van der Waals surface area contributed by atoms with E-state index in [1.54, 1.807) is 6.08 Å². The zero-order chi connectivity index (χ0) is 50.0. The van der Waals surface area contributed by atoms with E-state index in [-0.39, 0.29) is 18.9 Å². The van der Waals surface area contributed by atoms with Crippen LogP contribution in [0.2, 0.25) is 0 Å². The molecule has 5 nitrogen and oxygen atoms in total. The Morgan fingerprint density at radius 1 is 0.362 bits per heavy atom. The number of carbonyl (C=O) groups excluding carboxylic acids is 1. The van der Waals surface area contributed by atoms with Crippen LogP contribution in [0.1, 0.15) is 328 Å². The van der Waals surface area contributed by atoms with Crippen molar-refractivity contribution >= 4 is 5.91 Å². The zero-order valence-corrected chi connectivity index (χ0v) is 46.5. The van der Waals surface area contributed by atoms with E-state index in [1.165, 1.54) is 263 Å². The number of allylic oxidation sites excluding steroid dienone is 7. The highest BCUT2D eigenvalue weighted by atomic mass is 16.3. The van der Waals surface area contributed by atoms with Crippen LogP contribution in [0.15, 0.2) is 48.6 Å². The summed E-state index contributed by atoms with van der Waals surface area (Å²) >= 11 is 0. The monoisotopic (exact) mass is 968 g/mol. The topological polar surface area (TPSA) is 89.8 Å². The van der Waals surface area contributed by atoms with Crippen molar-refractivity contribution in [3.05, 3.63) is 48.6 Å². The Hall–Kier alpha value is -1.69. The van der Waals surface area contributed by atoms with Gasteiger partial charge in [0.15, 0.2) is 0 Å². The molecular formula is C64H121NO4. The van der Waals surface area contributed by atoms with Gasteiger partial charge in [0.05, 0.1) is 31.3 Å². The fraction of sp³-hybridized carbons (Fsp3) is 0.859. The van der Waals surface area contributed by atoms with Crippen LogP contribution in [-0.2, 0) is 4.79 Å². The van der Waals surface area contributed by atoms with Crippen LogP contribution >= 0.6 is 0 Å². The number of amides is 1. The summed E-state index contributed by atoms with van der Waals surface area (Å²) in [6.45, 7) is 4.23. The number of unbranched alkanes of at least 4 members (excludes halogenated alkanes) is 42. The minimum Gasteiger partial charge on any atom is -0.394 e. The minimum atomic E-state index is -0.961. The maximum atomic E-state index is 12.5. The van der Waals surface area contributed by atoms with E-state index >= 15 is 0 Å². The maximum absolute atomic E-state index is 12.5. The van der Waals surface area contributed by atoms with E-state index in [0.29, 0.717) is 6.42 Å². The first kappa shape index (κ1) is 67.3. The molecule has 5 heteroatoms. The van der Waals surface area contributed by atoms with Gasteiger partial charge in [0.2, 0.25) is 5.91 Å². The van der Waals surface area contributed by atoms with E-state index < -0.39 is 18.2 Å². The van der Waals surface area contributed by atoms with Crippen LogP contribution in [-0.4, -0.2) is 46.1 Å². The first-order valence-corrected chi connectivity index (χ1v) is 30.9. The smallest absolute Gasteiger partial charge is 0.222 e. The van der Waals surface area contributed by atoms with E-state index in [2.05, 4.69) is 55.6 Å². The highest BCUT2D eigenvalue weighted by molar-refractivity contribution is 5.76. The summed E-state index contributed by atoms with van der Waals surface area (Å²) in [5, 5.41) is 33.5. The highest BCUT2D eigenvalue weighted by Gasteiger charge is 2.20. The predicted octanol–water partition coefficient (Wildman–Crippen LogP) is 19.6. The number of hydrogen-bond acceptors (Lipinski definition) is 4. The molecule has 0 rings (SSSR count). The van der Waals surface area contributed by atoms with Crippen molar-refractivity contribution in [3.63, 3.8) is 0 Å². The fourth-order valence-corrected chi connectivity index (χ4v) is 9.61. The summed E-state index contributed by atoms with van der Waals surface area (Å²) in [7, 11) is 0. The molecule has 4 N–H and O–H groups in total. The number of aliphatic hydroxyl groups excluding tert-OH is 3. The maximum Gasteiger partial charge on any atom is 0.222 e. The molecule has 0 bridgehead atoms. The van der Waals surface area contributed by atoms with Gasteiger partial charge in [-0.3, -0.25) is 4.79 Å². The van der Waals surface area contributed by atoms with Crippen LogP contribution in [0, 0.1) is 0 Å². The SMILES string of the molecule is CCCCCCCCCCCCC/C=C/CC/C=C/CC/C=C/C(O)C(CO)NC(=O)CC(O)CCCCCCCCCCCCCCCCC/C=C\CCCCCCCCCCCCCCCC. The molecule has 406 valence electrons. The van der Waals surface area contributed by atoms with Crippen LogP contribution in [0.4, 0.5) is 0 Å². The Labute approximate surface area is 431 Å². The minimum absolute atomic E-state index is 0.00348. The van der Waals surface area contributed by atoms with Crippen LogP contribution in [0.3, 0.4) is 0 Å². The van der Waals surface area contributed by atoms with Gasteiger partial charge in [-0.25, -0.2) is 0 Å². The number of carbonyl (C=O) groups is 1. The highest BCUT2D eigenvalue weighted by Crippen LogP contribution is 2.17. The van der Waals surface area contributed by atoms with Gasteiger partial charge in [-0.1, -0.05) is 300 Å². The number of rotatable bonds is 57. The third-order valence-electron chi connectivity index (χ3n) is 14.3. The lowest BCUT2D eigenvalue weighted by molar-refractivity contribution is -0.124. The standard InChI is InChI=1S/C64H121NO4/c1-3-5-7-9-11-13-15-17-19-21-23-25-26-27-28-29-30-31-32-33-34-35-36-38-39-41-43-45-47-49-51-53-55-57-61(67)59-64(69)65-62(60-66)63(68)58-56-54-52-50-48-46-44-42-40-37-24-22-20-18-16-14-12-10-8-6-4-2/h29-30,40,42,48,50,56,58,61-63,66-68H,3-28,31-39,41,43-47,49,51-55,57,59-60H2,1-2H3,(H,65,69)/b30-29-,42-40+,50-48+,58-56+. The van der Waals surface area contributed by atoms with Crippen molar-refractivity contribution in [2.24, 2.45) is 0 Å². The van der Waals surface area contributed by atoms with Gasteiger partial charge in [-0.15, -0.1) is 0 Å².